The summed E-state index contributed by atoms with van der Waals surface area (Å²) in [4.78, 5) is 25.2. The number of ketones is 1. The van der Waals surface area contributed by atoms with Crippen LogP contribution in [0.15, 0.2) is 34.7 Å². The number of esters is 1. The lowest BCUT2D eigenvalue weighted by Gasteiger charge is -2.59. The van der Waals surface area contributed by atoms with Gasteiger partial charge in [0.1, 0.15) is 6.10 Å². The lowest BCUT2D eigenvalue weighted by Crippen LogP contribution is -2.53. The lowest BCUT2D eigenvalue weighted by atomic mass is 9.45. The number of halogens is 1. The normalized spacial score (nSPS) is 38.7. The standard InChI is InChI=1S/C27H34ClNO5S/c1-15-12-18-20-5-7-24(34-25(31)19-14-17(35(29,32)33)4-6-23(19)28)27(20,3)11-9-21(18)26(2)10-8-16(30)13-22(15)26/h4,6,13-15,18,20-21,24H,5,7-12H2,1-3H3,(H2,29,32,33)/t15-,18?,20?,21?,24-,26+,27-/m0/s1. The number of allylic oxidation sites excluding steroid dienone is 1. The molecule has 0 bridgehead atoms. The molecule has 4 aliphatic carbocycles. The number of sulfonamides is 1. The highest BCUT2D eigenvalue weighted by Gasteiger charge is 2.61. The third kappa shape index (κ3) is 3.98. The Morgan fingerprint density at radius 1 is 1.14 bits per heavy atom. The number of hydrogen-bond acceptors (Lipinski definition) is 5. The fraction of sp³-hybridized carbons (Fsp3) is 0.630. The Labute approximate surface area is 212 Å². The van der Waals surface area contributed by atoms with E-state index in [2.05, 4.69) is 20.8 Å². The minimum absolute atomic E-state index is 0.0272. The Morgan fingerprint density at radius 3 is 2.60 bits per heavy atom. The Kier molecular flexibility index (Phi) is 6.01. The molecular formula is C27H34ClNO5S. The zero-order valence-corrected chi connectivity index (χ0v) is 22.1. The van der Waals surface area contributed by atoms with Gasteiger partial charge in [0.05, 0.1) is 15.5 Å². The van der Waals surface area contributed by atoms with Gasteiger partial charge in [-0.3, -0.25) is 4.79 Å². The number of hydrogen-bond donors (Lipinski definition) is 1. The van der Waals surface area contributed by atoms with Gasteiger partial charge in [0.2, 0.25) is 10.0 Å². The van der Waals surface area contributed by atoms with E-state index >= 15 is 0 Å². The van der Waals surface area contributed by atoms with Crippen LogP contribution in [0.3, 0.4) is 0 Å². The molecule has 7 atom stereocenters. The maximum Gasteiger partial charge on any atom is 0.339 e. The van der Waals surface area contributed by atoms with Crippen LogP contribution in [0.4, 0.5) is 0 Å². The van der Waals surface area contributed by atoms with Crippen molar-refractivity contribution in [2.45, 2.75) is 76.7 Å². The predicted molar refractivity (Wildman–Crippen MR) is 133 cm³/mol. The number of fused-ring (bicyclic) bond motifs is 5. The van der Waals surface area contributed by atoms with Gasteiger partial charge in [0.25, 0.3) is 0 Å². The molecule has 0 aliphatic heterocycles. The van der Waals surface area contributed by atoms with Gasteiger partial charge in [-0.15, -0.1) is 0 Å². The zero-order chi connectivity index (χ0) is 25.3. The summed E-state index contributed by atoms with van der Waals surface area (Å²) in [5.41, 5.74) is 1.32. The third-order valence-electron chi connectivity index (χ3n) is 9.93. The second-order valence-electron chi connectivity index (χ2n) is 11.7. The average Bonchev–Trinajstić information content (AvgIpc) is 3.11. The van der Waals surface area contributed by atoms with Gasteiger partial charge < -0.3 is 4.74 Å². The molecule has 4 aliphatic rings. The maximum absolute atomic E-state index is 13.1. The summed E-state index contributed by atoms with van der Waals surface area (Å²) in [6.45, 7) is 6.88. The van der Waals surface area contributed by atoms with Gasteiger partial charge in [-0.1, -0.05) is 37.9 Å². The van der Waals surface area contributed by atoms with Crippen molar-refractivity contribution in [1.29, 1.82) is 0 Å². The minimum Gasteiger partial charge on any atom is -0.458 e. The molecule has 2 N–H and O–H groups in total. The molecule has 3 unspecified atom stereocenters. The topological polar surface area (TPSA) is 104 Å². The smallest absolute Gasteiger partial charge is 0.339 e. The van der Waals surface area contributed by atoms with Gasteiger partial charge in [0.15, 0.2) is 5.78 Å². The van der Waals surface area contributed by atoms with Gasteiger partial charge in [-0.2, -0.15) is 0 Å². The van der Waals surface area contributed by atoms with Crippen molar-refractivity contribution in [2.24, 2.45) is 39.6 Å². The van der Waals surface area contributed by atoms with Crippen LogP contribution < -0.4 is 5.14 Å². The first kappa shape index (κ1) is 25.0. The molecule has 0 radical (unpaired) electrons. The molecule has 0 amide bonds. The van der Waals surface area contributed by atoms with E-state index in [1.54, 1.807) is 0 Å². The average molecular weight is 520 g/mol. The maximum atomic E-state index is 13.1. The van der Waals surface area contributed by atoms with Crippen molar-refractivity contribution in [3.8, 4) is 0 Å². The molecule has 1 aromatic rings. The van der Waals surface area contributed by atoms with Crippen molar-refractivity contribution in [3.05, 3.63) is 40.4 Å². The van der Waals surface area contributed by atoms with E-state index in [1.807, 2.05) is 6.08 Å². The summed E-state index contributed by atoms with van der Waals surface area (Å²) in [6.07, 6.45) is 8.15. The van der Waals surface area contributed by atoms with E-state index in [-0.39, 0.29) is 38.2 Å². The van der Waals surface area contributed by atoms with Crippen LogP contribution in [0.1, 0.15) is 76.1 Å². The van der Waals surface area contributed by atoms with E-state index in [9.17, 15) is 18.0 Å². The molecule has 190 valence electrons. The number of primary sulfonamides is 1. The largest absolute Gasteiger partial charge is 0.458 e. The van der Waals surface area contributed by atoms with Crippen LogP contribution in [0.2, 0.25) is 5.02 Å². The van der Waals surface area contributed by atoms with Gasteiger partial charge in [-0.25, -0.2) is 18.4 Å². The highest BCUT2D eigenvalue weighted by Crippen LogP contribution is 2.66. The van der Waals surface area contributed by atoms with Crippen LogP contribution in [0.5, 0.6) is 0 Å². The van der Waals surface area contributed by atoms with Crippen LogP contribution >= 0.6 is 11.6 Å². The van der Waals surface area contributed by atoms with Crippen LogP contribution in [-0.2, 0) is 19.6 Å². The van der Waals surface area contributed by atoms with Crippen molar-refractivity contribution in [1.82, 2.24) is 0 Å². The molecule has 0 aromatic heterocycles. The van der Waals surface area contributed by atoms with Gasteiger partial charge in [0, 0.05) is 11.8 Å². The molecule has 1 aromatic carbocycles. The Bertz CT molecular complexity index is 1230. The minimum atomic E-state index is -3.96. The Hall–Kier alpha value is -1.70. The quantitative estimate of drug-likeness (QED) is 0.546. The van der Waals surface area contributed by atoms with Crippen molar-refractivity contribution >= 4 is 33.4 Å². The predicted octanol–water partition coefficient (Wildman–Crippen LogP) is 5.29. The van der Waals surface area contributed by atoms with Gasteiger partial charge >= 0.3 is 5.97 Å². The molecule has 0 heterocycles. The summed E-state index contributed by atoms with van der Waals surface area (Å²) >= 11 is 6.23. The fourth-order valence-corrected chi connectivity index (χ4v) is 8.90. The van der Waals surface area contributed by atoms with E-state index in [4.69, 9.17) is 21.5 Å². The number of ether oxygens (including phenoxy) is 1. The Morgan fingerprint density at radius 2 is 1.89 bits per heavy atom. The van der Waals surface area contributed by atoms with Crippen LogP contribution in [-0.4, -0.2) is 26.3 Å². The molecule has 8 heteroatoms. The zero-order valence-electron chi connectivity index (χ0n) is 20.6. The summed E-state index contributed by atoms with van der Waals surface area (Å²) in [5.74, 6) is 1.58. The second-order valence-corrected chi connectivity index (χ2v) is 13.7. The van der Waals surface area contributed by atoms with E-state index in [0.717, 1.165) is 38.5 Å². The number of nitrogens with two attached hydrogens (primary N) is 1. The summed E-state index contributed by atoms with van der Waals surface area (Å²) in [7, 11) is -3.96. The molecule has 0 spiro atoms. The molecular weight excluding hydrogens is 486 g/mol. The van der Waals surface area contributed by atoms with E-state index in [0.29, 0.717) is 30.1 Å². The highest BCUT2D eigenvalue weighted by molar-refractivity contribution is 7.89. The van der Waals surface area contributed by atoms with Crippen LogP contribution in [0, 0.1) is 34.5 Å². The molecule has 3 fully saturated rings. The molecule has 5 rings (SSSR count). The SMILES string of the molecule is C[C@H]1CC2C(CC[C@@]3(C)C2CC[C@@H]3OC(=O)c2cc(S(N)(=O)=O)ccc2Cl)[C@@]2(C)CCC(=O)C=C12. The summed E-state index contributed by atoms with van der Waals surface area (Å²) in [6, 6.07) is 3.86. The molecule has 35 heavy (non-hydrogen) atoms. The van der Waals surface area contributed by atoms with Crippen LogP contribution in [0.25, 0.3) is 0 Å². The highest BCUT2D eigenvalue weighted by atomic mass is 35.5. The van der Waals surface area contributed by atoms with Crippen molar-refractivity contribution in [2.75, 3.05) is 0 Å². The van der Waals surface area contributed by atoms with E-state index in [1.165, 1.54) is 23.8 Å². The monoisotopic (exact) mass is 519 g/mol. The first-order valence-corrected chi connectivity index (χ1v) is 14.6. The number of rotatable bonds is 3. The Balaban J connectivity index is 1.39. The first-order valence-electron chi connectivity index (χ1n) is 12.6. The molecule has 6 nitrogen and oxygen atoms in total. The lowest BCUT2D eigenvalue weighted by molar-refractivity contribution is -0.118. The molecule has 3 saturated carbocycles. The van der Waals surface area contributed by atoms with Gasteiger partial charge in [-0.05, 0) is 91.9 Å². The van der Waals surface area contributed by atoms with Crippen molar-refractivity contribution in [3.63, 3.8) is 0 Å². The third-order valence-corrected chi connectivity index (χ3v) is 11.2. The van der Waals surface area contributed by atoms with Crippen molar-refractivity contribution < 1.29 is 22.7 Å². The molecule has 0 saturated heterocycles. The second kappa shape index (κ2) is 8.42. The number of carbonyl (C=O) groups excluding carboxylic acids is 2. The first-order chi connectivity index (χ1) is 16.3. The fourth-order valence-electron chi connectivity index (χ4n) is 8.16. The summed E-state index contributed by atoms with van der Waals surface area (Å²) < 4.78 is 29.6. The summed E-state index contributed by atoms with van der Waals surface area (Å²) in [5, 5.41) is 5.39. The van der Waals surface area contributed by atoms with E-state index < -0.39 is 16.0 Å². The number of benzene rings is 1. The number of carbonyl (C=O) groups is 2.